The summed E-state index contributed by atoms with van der Waals surface area (Å²) in [5, 5.41) is 3.46. The molecule has 0 spiro atoms. The average Bonchev–Trinajstić information content (AvgIpc) is 2.54. The minimum absolute atomic E-state index is 0.198. The smallest absolute Gasteiger partial charge is 0.217 e. The molecule has 1 amide bonds. The maximum absolute atomic E-state index is 11.1. The molecule has 0 aromatic heterocycles. The third kappa shape index (κ3) is 7.68. The fraction of sp³-hybridized carbons (Fsp3) is 0.882. The highest BCUT2D eigenvalue weighted by atomic mass is 16.1. The van der Waals surface area contributed by atoms with E-state index in [9.17, 15) is 4.79 Å². The van der Waals surface area contributed by atoms with Crippen LogP contribution in [0.2, 0.25) is 0 Å². The van der Waals surface area contributed by atoms with E-state index in [1.807, 2.05) is 7.05 Å². The van der Waals surface area contributed by atoms with Gasteiger partial charge in [0.25, 0.3) is 0 Å². The first-order chi connectivity index (χ1) is 11.1. The van der Waals surface area contributed by atoms with Crippen molar-refractivity contribution in [1.29, 1.82) is 0 Å². The first-order valence-electron chi connectivity index (χ1n) is 9.06. The Bertz CT molecular complexity index is 368. The van der Waals surface area contributed by atoms with Crippen LogP contribution in [0.4, 0.5) is 0 Å². The molecule has 0 aromatic carbocycles. The Morgan fingerprint density at radius 3 is 2.70 bits per heavy atom. The van der Waals surface area contributed by atoms with Crippen LogP contribution < -0.4 is 11.1 Å². The number of nitrogens with zero attached hydrogens (tertiary/aromatic N) is 3. The molecule has 0 saturated carbocycles. The molecule has 0 radical (unpaired) electrons. The molecule has 134 valence electrons. The van der Waals surface area contributed by atoms with Crippen LogP contribution in [0.3, 0.4) is 0 Å². The standard InChI is InChI=1S/C17H35N5O/c1-4-21(5-2)11-7-6-10-20-17(19-3)22-12-8-9-15(14-22)13-16(18)23/h15H,4-14H2,1-3H3,(H2,18,23)(H,19,20). The van der Waals surface area contributed by atoms with Crippen molar-refractivity contribution in [3.8, 4) is 0 Å². The monoisotopic (exact) mass is 325 g/mol. The number of carbonyl (C=O) groups excluding carboxylic acids is 1. The fourth-order valence-electron chi connectivity index (χ4n) is 3.24. The van der Waals surface area contributed by atoms with Crippen LogP contribution in [-0.4, -0.2) is 68.0 Å². The summed E-state index contributed by atoms with van der Waals surface area (Å²) in [5.41, 5.74) is 5.33. The van der Waals surface area contributed by atoms with E-state index in [2.05, 4.69) is 34.0 Å². The quantitative estimate of drug-likeness (QED) is 0.380. The van der Waals surface area contributed by atoms with Gasteiger partial charge in [0, 0.05) is 33.1 Å². The van der Waals surface area contributed by atoms with Gasteiger partial charge >= 0.3 is 0 Å². The van der Waals surface area contributed by atoms with Crippen molar-refractivity contribution in [2.75, 3.05) is 46.3 Å². The first-order valence-corrected chi connectivity index (χ1v) is 9.06. The van der Waals surface area contributed by atoms with Crippen molar-refractivity contribution in [2.24, 2.45) is 16.6 Å². The number of hydrogen-bond acceptors (Lipinski definition) is 3. The summed E-state index contributed by atoms with van der Waals surface area (Å²) < 4.78 is 0. The summed E-state index contributed by atoms with van der Waals surface area (Å²) in [6.45, 7) is 10.7. The Morgan fingerprint density at radius 2 is 2.09 bits per heavy atom. The average molecular weight is 326 g/mol. The van der Waals surface area contributed by atoms with Gasteiger partial charge in [-0.1, -0.05) is 13.8 Å². The minimum Gasteiger partial charge on any atom is -0.370 e. The van der Waals surface area contributed by atoms with Gasteiger partial charge in [-0.15, -0.1) is 0 Å². The van der Waals surface area contributed by atoms with E-state index < -0.39 is 0 Å². The van der Waals surface area contributed by atoms with Gasteiger partial charge in [-0.2, -0.15) is 0 Å². The van der Waals surface area contributed by atoms with E-state index in [0.717, 1.165) is 64.5 Å². The molecular formula is C17H35N5O. The van der Waals surface area contributed by atoms with Crippen LogP contribution in [0.25, 0.3) is 0 Å². The molecule has 1 aliphatic rings. The Morgan fingerprint density at radius 1 is 1.35 bits per heavy atom. The van der Waals surface area contributed by atoms with E-state index in [1.165, 1.54) is 6.42 Å². The molecule has 3 N–H and O–H groups in total. The first kappa shape index (κ1) is 19.7. The molecule has 0 aromatic rings. The van der Waals surface area contributed by atoms with Gasteiger partial charge in [0.2, 0.25) is 5.91 Å². The molecule has 0 aliphatic carbocycles. The predicted molar refractivity (Wildman–Crippen MR) is 96.5 cm³/mol. The maximum Gasteiger partial charge on any atom is 0.217 e. The molecule has 6 nitrogen and oxygen atoms in total. The molecule has 1 heterocycles. The second kappa shape index (κ2) is 11.3. The van der Waals surface area contributed by atoms with Crippen molar-refractivity contribution in [1.82, 2.24) is 15.1 Å². The van der Waals surface area contributed by atoms with Crippen molar-refractivity contribution in [2.45, 2.75) is 46.0 Å². The number of nitrogens with one attached hydrogen (secondary N) is 1. The Balaban J connectivity index is 2.29. The number of likely N-dealkylation sites (tertiary alicyclic amines) is 1. The zero-order valence-corrected chi connectivity index (χ0v) is 15.2. The summed E-state index contributed by atoms with van der Waals surface area (Å²) in [5.74, 6) is 1.13. The van der Waals surface area contributed by atoms with E-state index >= 15 is 0 Å². The van der Waals surface area contributed by atoms with Crippen molar-refractivity contribution in [3.05, 3.63) is 0 Å². The maximum atomic E-state index is 11.1. The van der Waals surface area contributed by atoms with Crippen LogP contribution in [0.1, 0.15) is 46.0 Å². The van der Waals surface area contributed by atoms with Gasteiger partial charge in [-0.3, -0.25) is 9.79 Å². The SMILES string of the molecule is CCN(CC)CCCCNC(=NC)N1CCCC(CC(N)=O)C1. The molecule has 1 unspecified atom stereocenters. The van der Waals surface area contributed by atoms with E-state index in [1.54, 1.807) is 0 Å². The molecule has 23 heavy (non-hydrogen) atoms. The highest BCUT2D eigenvalue weighted by Gasteiger charge is 2.23. The Kier molecular flexibility index (Phi) is 9.67. The number of amides is 1. The lowest BCUT2D eigenvalue weighted by atomic mass is 9.95. The number of rotatable bonds is 9. The van der Waals surface area contributed by atoms with Crippen molar-refractivity contribution >= 4 is 11.9 Å². The van der Waals surface area contributed by atoms with Gasteiger partial charge in [0.05, 0.1) is 0 Å². The van der Waals surface area contributed by atoms with Gasteiger partial charge < -0.3 is 20.9 Å². The number of primary amides is 1. The molecule has 1 atom stereocenters. The van der Waals surface area contributed by atoms with Gasteiger partial charge in [0.1, 0.15) is 0 Å². The fourth-order valence-corrected chi connectivity index (χ4v) is 3.24. The van der Waals surface area contributed by atoms with E-state index in [0.29, 0.717) is 12.3 Å². The van der Waals surface area contributed by atoms with Crippen LogP contribution in [-0.2, 0) is 4.79 Å². The number of carbonyl (C=O) groups is 1. The summed E-state index contributed by atoms with van der Waals surface area (Å²) in [6.07, 6.45) is 5.02. The number of unbranched alkanes of at least 4 members (excludes halogenated alkanes) is 1. The summed E-state index contributed by atoms with van der Waals surface area (Å²) in [7, 11) is 1.83. The third-order valence-electron chi connectivity index (χ3n) is 4.60. The number of hydrogen-bond donors (Lipinski definition) is 2. The van der Waals surface area contributed by atoms with Gasteiger partial charge in [0.15, 0.2) is 5.96 Å². The number of aliphatic imine (C=N–C) groups is 1. The molecule has 1 aliphatic heterocycles. The molecule has 1 fully saturated rings. The van der Waals surface area contributed by atoms with Crippen LogP contribution in [0, 0.1) is 5.92 Å². The molecule has 1 rings (SSSR count). The summed E-state index contributed by atoms with van der Waals surface area (Å²) in [4.78, 5) is 20.2. The van der Waals surface area contributed by atoms with Gasteiger partial charge in [-0.25, -0.2) is 0 Å². The lowest BCUT2D eigenvalue weighted by molar-refractivity contribution is -0.119. The normalized spacial score (nSPS) is 19.2. The van der Waals surface area contributed by atoms with Gasteiger partial charge in [-0.05, 0) is 51.2 Å². The van der Waals surface area contributed by atoms with Crippen LogP contribution in [0.5, 0.6) is 0 Å². The molecule has 1 saturated heterocycles. The summed E-state index contributed by atoms with van der Waals surface area (Å²) in [6, 6.07) is 0. The number of guanidine groups is 1. The zero-order chi connectivity index (χ0) is 17.1. The molecular weight excluding hydrogens is 290 g/mol. The van der Waals surface area contributed by atoms with E-state index in [4.69, 9.17) is 5.73 Å². The molecule has 6 heteroatoms. The second-order valence-corrected chi connectivity index (χ2v) is 6.33. The van der Waals surface area contributed by atoms with Crippen LogP contribution >= 0.6 is 0 Å². The summed E-state index contributed by atoms with van der Waals surface area (Å²) >= 11 is 0. The minimum atomic E-state index is -0.198. The predicted octanol–water partition coefficient (Wildman–Crippen LogP) is 1.27. The van der Waals surface area contributed by atoms with Crippen LogP contribution in [0.15, 0.2) is 4.99 Å². The Hall–Kier alpha value is -1.30. The van der Waals surface area contributed by atoms with Crippen molar-refractivity contribution < 1.29 is 4.79 Å². The number of nitrogens with two attached hydrogens (primary N) is 1. The molecule has 0 bridgehead atoms. The van der Waals surface area contributed by atoms with E-state index in [-0.39, 0.29) is 5.91 Å². The lowest BCUT2D eigenvalue weighted by Crippen LogP contribution is -2.47. The third-order valence-corrected chi connectivity index (χ3v) is 4.60. The van der Waals surface area contributed by atoms with Crippen molar-refractivity contribution in [3.63, 3.8) is 0 Å². The Labute approximate surface area is 141 Å². The second-order valence-electron chi connectivity index (χ2n) is 6.33. The largest absolute Gasteiger partial charge is 0.370 e. The number of piperidine rings is 1. The lowest BCUT2D eigenvalue weighted by Gasteiger charge is -2.34. The highest BCUT2D eigenvalue weighted by molar-refractivity contribution is 5.80. The highest BCUT2D eigenvalue weighted by Crippen LogP contribution is 2.19. The zero-order valence-electron chi connectivity index (χ0n) is 15.2. The topological polar surface area (TPSA) is 74.0 Å².